The molecule has 0 unspecified atom stereocenters. The van der Waals surface area contributed by atoms with E-state index in [0.29, 0.717) is 5.69 Å². The molecule has 5 heteroatoms. The van der Waals surface area contributed by atoms with E-state index in [1.165, 1.54) is 11.6 Å². The molecule has 1 N–H and O–H groups in total. The van der Waals surface area contributed by atoms with Gasteiger partial charge in [0.2, 0.25) is 5.91 Å². The number of amides is 1. The van der Waals surface area contributed by atoms with Gasteiger partial charge in [-0.25, -0.2) is 9.82 Å². The third-order valence-corrected chi connectivity index (χ3v) is 4.81. The van der Waals surface area contributed by atoms with Crippen LogP contribution in [0, 0.1) is 33.5 Å². The molecule has 3 rings (SSSR count). The molecule has 0 aliphatic carbocycles. The molecule has 4 nitrogen and oxygen atoms in total. The van der Waals surface area contributed by atoms with Crippen LogP contribution in [0.2, 0.25) is 0 Å². The quantitative estimate of drug-likeness (QED) is 0.515. The fourth-order valence-corrected chi connectivity index (χ4v) is 3.35. The predicted octanol–water partition coefficient (Wildman–Crippen LogP) is 4.54. The number of carbonyl (C=O) groups is 1. The van der Waals surface area contributed by atoms with E-state index in [4.69, 9.17) is 0 Å². The van der Waals surface area contributed by atoms with E-state index in [1.807, 2.05) is 50.5 Å². The van der Waals surface area contributed by atoms with Gasteiger partial charge in [0.1, 0.15) is 5.82 Å². The summed E-state index contributed by atoms with van der Waals surface area (Å²) in [7, 11) is 0. The third kappa shape index (κ3) is 4.19. The molecule has 1 amide bonds. The summed E-state index contributed by atoms with van der Waals surface area (Å²) in [5.74, 6) is -0.458. The largest absolute Gasteiger partial charge is 0.315 e. The number of aryl methyl sites for hydroxylation is 3. The Hall–Kier alpha value is -3.21. The third-order valence-electron chi connectivity index (χ3n) is 4.81. The first-order valence-electron chi connectivity index (χ1n) is 9.18. The van der Waals surface area contributed by atoms with Gasteiger partial charge >= 0.3 is 0 Å². The number of nitrogens with zero attached hydrogens (tertiary/aromatic N) is 2. The maximum absolute atomic E-state index is 14.2. The second kappa shape index (κ2) is 8.21. The summed E-state index contributed by atoms with van der Waals surface area (Å²) in [4.78, 5) is 12.2. The van der Waals surface area contributed by atoms with Crippen molar-refractivity contribution in [3.63, 3.8) is 0 Å². The zero-order valence-electron chi connectivity index (χ0n) is 16.6. The number of carbonyl (C=O) groups excluding carboxylic acids is 1. The molecule has 0 bridgehead atoms. The van der Waals surface area contributed by atoms with Gasteiger partial charge in [0.05, 0.1) is 18.3 Å². The van der Waals surface area contributed by atoms with E-state index in [-0.39, 0.29) is 18.1 Å². The van der Waals surface area contributed by atoms with Crippen LogP contribution in [0.5, 0.6) is 0 Å². The van der Waals surface area contributed by atoms with E-state index in [0.717, 1.165) is 28.1 Å². The summed E-state index contributed by atoms with van der Waals surface area (Å²) in [6.45, 7) is 7.84. The van der Waals surface area contributed by atoms with Gasteiger partial charge in [-0.05, 0) is 57.0 Å². The molecule has 0 saturated heterocycles. The van der Waals surface area contributed by atoms with Gasteiger partial charge in [-0.1, -0.05) is 35.9 Å². The molecule has 0 aliphatic rings. The molecule has 3 aromatic rings. The smallest absolute Gasteiger partial charge is 0.244 e. The lowest BCUT2D eigenvalue weighted by atomic mass is 10.0. The summed E-state index contributed by atoms with van der Waals surface area (Å²) in [6.07, 6.45) is 1.87. The Morgan fingerprint density at radius 1 is 1.11 bits per heavy atom. The van der Waals surface area contributed by atoms with Crippen LogP contribution < -0.4 is 5.43 Å². The van der Waals surface area contributed by atoms with Crippen molar-refractivity contribution in [2.24, 2.45) is 5.10 Å². The van der Waals surface area contributed by atoms with Gasteiger partial charge in [0.25, 0.3) is 0 Å². The number of hydrogen-bond donors (Lipinski definition) is 1. The summed E-state index contributed by atoms with van der Waals surface area (Å²) in [6, 6.07) is 14.6. The fourth-order valence-electron chi connectivity index (χ4n) is 3.35. The number of hydrazone groups is 1. The molecule has 0 saturated carbocycles. The van der Waals surface area contributed by atoms with Gasteiger partial charge in [0, 0.05) is 17.0 Å². The molecule has 0 atom stereocenters. The molecule has 1 heterocycles. The van der Waals surface area contributed by atoms with Crippen molar-refractivity contribution < 1.29 is 9.18 Å². The molecular formula is C23H24FN3O. The van der Waals surface area contributed by atoms with Crippen LogP contribution in [-0.4, -0.2) is 16.7 Å². The molecule has 0 aliphatic heterocycles. The topological polar surface area (TPSA) is 46.4 Å². The van der Waals surface area contributed by atoms with Gasteiger partial charge in [-0.3, -0.25) is 4.79 Å². The van der Waals surface area contributed by atoms with Crippen LogP contribution in [0.1, 0.15) is 33.6 Å². The van der Waals surface area contributed by atoms with E-state index in [2.05, 4.69) is 16.6 Å². The average molecular weight is 377 g/mol. The second-order valence-electron chi connectivity index (χ2n) is 7.01. The number of benzene rings is 2. The normalized spacial score (nSPS) is 11.2. The van der Waals surface area contributed by atoms with Gasteiger partial charge in [-0.2, -0.15) is 5.10 Å². The Kier molecular flexibility index (Phi) is 5.73. The standard InChI is InChI=1S/C23H24FN3O/c1-15-9-10-19(16(2)11-15)13-23(28)26-25-14-20-12-17(3)27(18(20)4)22-8-6-5-7-21(22)24/h5-12,14H,13H2,1-4H3,(H,26,28)/b25-14-. The highest BCUT2D eigenvalue weighted by molar-refractivity contribution is 5.85. The number of para-hydroxylation sites is 1. The molecular weight excluding hydrogens is 353 g/mol. The van der Waals surface area contributed by atoms with E-state index >= 15 is 0 Å². The summed E-state index contributed by atoms with van der Waals surface area (Å²) >= 11 is 0. The minimum absolute atomic E-state index is 0.175. The first-order chi connectivity index (χ1) is 13.4. The van der Waals surface area contributed by atoms with Crippen LogP contribution in [0.3, 0.4) is 0 Å². The molecule has 0 radical (unpaired) electrons. The van der Waals surface area contributed by atoms with Crippen LogP contribution in [-0.2, 0) is 11.2 Å². The van der Waals surface area contributed by atoms with Gasteiger partial charge in [-0.15, -0.1) is 0 Å². The Labute approximate surface area is 164 Å². The Balaban J connectivity index is 1.72. The molecule has 28 heavy (non-hydrogen) atoms. The van der Waals surface area contributed by atoms with Crippen molar-refractivity contribution >= 4 is 12.1 Å². The fraction of sp³-hybridized carbons (Fsp3) is 0.217. The van der Waals surface area contributed by atoms with Gasteiger partial charge in [0.15, 0.2) is 0 Å². The van der Waals surface area contributed by atoms with Crippen molar-refractivity contribution in [2.75, 3.05) is 0 Å². The van der Waals surface area contributed by atoms with Crippen molar-refractivity contribution in [2.45, 2.75) is 34.1 Å². The van der Waals surface area contributed by atoms with Crippen LogP contribution in [0.4, 0.5) is 4.39 Å². The lowest BCUT2D eigenvalue weighted by Crippen LogP contribution is -2.20. The van der Waals surface area contributed by atoms with Gasteiger partial charge < -0.3 is 4.57 Å². The van der Waals surface area contributed by atoms with Crippen LogP contribution >= 0.6 is 0 Å². The SMILES string of the molecule is Cc1ccc(CC(=O)N/N=C\c2cc(C)n(-c3ccccc3F)c2C)c(C)c1. The Morgan fingerprint density at radius 3 is 2.57 bits per heavy atom. The molecule has 0 spiro atoms. The number of hydrogen-bond acceptors (Lipinski definition) is 2. The highest BCUT2D eigenvalue weighted by Gasteiger charge is 2.12. The van der Waals surface area contributed by atoms with Crippen molar-refractivity contribution in [1.29, 1.82) is 0 Å². The van der Waals surface area contributed by atoms with E-state index in [9.17, 15) is 9.18 Å². The molecule has 2 aromatic carbocycles. The summed E-state index contributed by atoms with van der Waals surface area (Å²) in [5, 5.41) is 4.08. The highest BCUT2D eigenvalue weighted by Crippen LogP contribution is 2.21. The Bertz CT molecular complexity index is 1050. The van der Waals surface area contributed by atoms with Crippen molar-refractivity contribution in [3.8, 4) is 5.69 Å². The minimum Gasteiger partial charge on any atom is -0.315 e. The first kappa shape index (κ1) is 19.5. The molecule has 144 valence electrons. The maximum Gasteiger partial charge on any atom is 0.244 e. The zero-order valence-corrected chi connectivity index (χ0v) is 16.6. The second-order valence-corrected chi connectivity index (χ2v) is 7.01. The lowest BCUT2D eigenvalue weighted by Gasteiger charge is -2.10. The maximum atomic E-state index is 14.2. The highest BCUT2D eigenvalue weighted by atomic mass is 19.1. The van der Waals surface area contributed by atoms with Crippen molar-refractivity contribution in [3.05, 3.63) is 88.0 Å². The number of halogens is 1. The van der Waals surface area contributed by atoms with Crippen molar-refractivity contribution in [1.82, 2.24) is 9.99 Å². The van der Waals surface area contributed by atoms with E-state index in [1.54, 1.807) is 24.4 Å². The summed E-state index contributed by atoms with van der Waals surface area (Å²) in [5.41, 5.74) is 8.89. The molecule has 0 fully saturated rings. The Morgan fingerprint density at radius 2 is 1.86 bits per heavy atom. The number of nitrogens with one attached hydrogen (secondary N) is 1. The van der Waals surface area contributed by atoms with Crippen LogP contribution in [0.15, 0.2) is 53.6 Å². The van der Waals surface area contributed by atoms with E-state index < -0.39 is 0 Å². The molecule has 1 aromatic heterocycles. The average Bonchev–Trinajstić information content (AvgIpc) is 2.92. The predicted molar refractivity (Wildman–Crippen MR) is 111 cm³/mol. The lowest BCUT2D eigenvalue weighted by molar-refractivity contribution is -0.120. The monoisotopic (exact) mass is 377 g/mol. The minimum atomic E-state index is -0.283. The summed E-state index contributed by atoms with van der Waals surface area (Å²) < 4.78 is 16.0. The first-order valence-corrected chi connectivity index (χ1v) is 9.18. The number of rotatable bonds is 5. The zero-order chi connectivity index (χ0) is 20.3. The number of aromatic nitrogens is 1. The van der Waals surface area contributed by atoms with Crippen LogP contribution in [0.25, 0.3) is 5.69 Å².